The van der Waals surface area contributed by atoms with E-state index in [1.165, 1.54) is 0 Å². The number of rotatable bonds is 6. The van der Waals surface area contributed by atoms with Gasteiger partial charge in [0.1, 0.15) is 0 Å². The molecule has 1 atom stereocenters. The summed E-state index contributed by atoms with van der Waals surface area (Å²) in [5, 5.41) is 8.60. The van der Waals surface area contributed by atoms with Crippen LogP contribution in [0.3, 0.4) is 0 Å². The van der Waals surface area contributed by atoms with Crippen molar-refractivity contribution in [2.45, 2.75) is 25.7 Å². The molecule has 80 valence electrons. The molecule has 0 aromatic heterocycles. The van der Waals surface area contributed by atoms with Crippen molar-refractivity contribution in [2.75, 3.05) is 19.7 Å². The summed E-state index contributed by atoms with van der Waals surface area (Å²) in [5.74, 6) is 0.597. The monoisotopic (exact) mass is 197 g/mol. The number of carbonyl (C=O) groups is 1. The lowest BCUT2D eigenvalue weighted by Gasteiger charge is -2.15. The predicted molar refractivity (Wildman–Crippen MR) is 55.8 cm³/mol. The minimum Gasteiger partial charge on any atom is -0.396 e. The fraction of sp³-hybridized carbons (Fsp3) is 0.727. The molecule has 3 heteroatoms. The lowest BCUT2D eigenvalue weighted by molar-refractivity contribution is -0.127. The van der Waals surface area contributed by atoms with Crippen LogP contribution in [0.2, 0.25) is 0 Å². The topological polar surface area (TPSA) is 40.5 Å². The Labute approximate surface area is 85.4 Å². The minimum atomic E-state index is 0.249. The predicted octanol–water partition coefficient (Wildman–Crippen LogP) is 1.18. The highest BCUT2D eigenvalue weighted by atomic mass is 16.2. The van der Waals surface area contributed by atoms with E-state index in [1.54, 1.807) is 0 Å². The number of carbonyl (C=O) groups excluding carboxylic acids is 1. The Hall–Kier alpha value is -0.830. The molecule has 0 saturated carbocycles. The summed E-state index contributed by atoms with van der Waals surface area (Å²) < 4.78 is 0. The first-order chi connectivity index (χ1) is 6.77. The van der Waals surface area contributed by atoms with E-state index in [2.05, 4.69) is 6.58 Å². The fourth-order valence-corrected chi connectivity index (χ4v) is 1.77. The third-order valence-electron chi connectivity index (χ3n) is 2.66. The molecule has 0 aromatic carbocycles. The van der Waals surface area contributed by atoms with E-state index in [0.717, 1.165) is 32.4 Å². The third-order valence-corrected chi connectivity index (χ3v) is 2.66. The average Bonchev–Trinajstić information content (AvgIpc) is 2.54. The third kappa shape index (κ3) is 3.14. The van der Waals surface area contributed by atoms with Gasteiger partial charge in [0.15, 0.2) is 0 Å². The first kappa shape index (κ1) is 11.2. The van der Waals surface area contributed by atoms with Crippen molar-refractivity contribution in [2.24, 2.45) is 5.92 Å². The van der Waals surface area contributed by atoms with Crippen LogP contribution in [-0.2, 0) is 4.79 Å². The molecule has 1 unspecified atom stereocenters. The second-order valence-corrected chi connectivity index (χ2v) is 3.82. The van der Waals surface area contributed by atoms with Crippen molar-refractivity contribution in [1.29, 1.82) is 0 Å². The van der Waals surface area contributed by atoms with Crippen LogP contribution >= 0.6 is 0 Å². The molecule has 1 N–H and O–H groups in total. The summed E-state index contributed by atoms with van der Waals surface area (Å²) in [4.78, 5) is 13.3. The minimum absolute atomic E-state index is 0.249. The number of amides is 1. The van der Waals surface area contributed by atoms with Gasteiger partial charge < -0.3 is 10.0 Å². The molecule has 1 saturated heterocycles. The van der Waals surface area contributed by atoms with Crippen molar-refractivity contribution in [3.63, 3.8) is 0 Å². The van der Waals surface area contributed by atoms with E-state index in [9.17, 15) is 4.79 Å². The summed E-state index contributed by atoms with van der Waals surface area (Å²) in [5.41, 5.74) is 0. The summed E-state index contributed by atoms with van der Waals surface area (Å²) in [7, 11) is 0. The van der Waals surface area contributed by atoms with Gasteiger partial charge in [-0.05, 0) is 19.3 Å². The highest BCUT2D eigenvalue weighted by Crippen LogP contribution is 2.18. The Morgan fingerprint density at radius 1 is 1.50 bits per heavy atom. The number of aliphatic hydroxyl groups is 1. The summed E-state index contributed by atoms with van der Waals surface area (Å²) in [6.07, 6.45) is 5.33. The van der Waals surface area contributed by atoms with Crippen LogP contribution in [0.1, 0.15) is 25.7 Å². The molecule has 14 heavy (non-hydrogen) atoms. The van der Waals surface area contributed by atoms with Gasteiger partial charge in [-0.3, -0.25) is 4.79 Å². The second-order valence-electron chi connectivity index (χ2n) is 3.82. The van der Waals surface area contributed by atoms with Crippen molar-refractivity contribution in [3.05, 3.63) is 12.7 Å². The van der Waals surface area contributed by atoms with Crippen LogP contribution in [0, 0.1) is 5.92 Å². The van der Waals surface area contributed by atoms with Crippen molar-refractivity contribution in [1.82, 2.24) is 4.90 Å². The van der Waals surface area contributed by atoms with Crippen LogP contribution in [0.25, 0.3) is 0 Å². The van der Waals surface area contributed by atoms with Crippen LogP contribution in [0.15, 0.2) is 12.7 Å². The molecule has 1 aliphatic heterocycles. The largest absolute Gasteiger partial charge is 0.396 e. The van der Waals surface area contributed by atoms with Crippen molar-refractivity contribution >= 4 is 5.91 Å². The molecule has 1 aliphatic rings. The zero-order valence-electron chi connectivity index (χ0n) is 8.61. The normalized spacial score (nSPS) is 21.6. The molecule has 1 fully saturated rings. The van der Waals surface area contributed by atoms with Gasteiger partial charge in [-0.1, -0.05) is 6.08 Å². The van der Waals surface area contributed by atoms with Gasteiger partial charge in [-0.15, -0.1) is 6.58 Å². The van der Waals surface area contributed by atoms with E-state index >= 15 is 0 Å². The highest BCUT2D eigenvalue weighted by molar-refractivity contribution is 5.78. The van der Waals surface area contributed by atoms with Gasteiger partial charge in [-0.2, -0.15) is 0 Å². The summed E-state index contributed by atoms with van der Waals surface area (Å²) in [6, 6.07) is 0. The Morgan fingerprint density at radius 3 is 2.86 bits per heavy atom. The maximum Gasteiger partial charge on any atom is 0.223 e. The van der Waals surface area contributed by atoms with E-state index in [1.807, 2.05) is 11.0 Å². The van der Waals surface area contributed by atoms with Gasteiger partial charge in [0.2, 0.25) is 5.91 Å². The molecule has 0 radical (unpaired) electrons. The Balaban J connectivity index is 2.18. The molecular weight excluding hydrogens is 178 g/mol. The van der Waals surface area contributed by atoms with E-state index in [0.29, 0.717) is 12.3 Å². The first-order valence-electron chi connectivity index (χ1n) is 5.29. The maximum atomic E-state index is 11.4. The number of hydrogen-bond acceptors (Lipinski definition) is 2. The standard InChI is InChI=1S/C11H19NO2/c1-2-10-8-11(14)12(9-10)6-4-3-5-7-13/h2,10,13H,1,3-9H2. The molecule has 0 spiro atoms. The van der Waals surface area contributed by atoms with Crippen molar-refractivity contribution < 1.29 is 9.90 Å². The number of nitrogens with zero attached hydrogens (tertiary/aromatic N) is 1. The van der Waals surface area contributed by atoms with E-state index in [-0.39, 0.29) is 12.5 Å². The van der Waals surface area contributed by atoms with Crippen LogP contribution in [0.5, 0.6) is 0 Å². The van der Waals surface area contributed by atoms with Crippen LogP contribution in [0.4, 0.5) is 0 Å². The molecule has 0 aliphatic carbocycles. The zero-order chi connectivity index (χ0) is 10.4. The smallest absolute Gasteiger partial charge is 0.223 e. The van der Waals surface area contributed by atoms with E-state index < -0.39 is 0 Å². The Kier molecular flexibility index (Phi) is 4.66. The Bertz CT molecular complexity index is 203. The second kappa shape index (κ2) is 5.81. The van der Waals surface area contributed by atoms with Gasteiger partial charge in [0, 0.05) is 32.0 Å². The number of unbranched alkanes of at least 4 members (excludes halogenated alkanes) is 2. The van der Waals surface area contributed by atoms with Crippen LogP contribution < -0.4 is 0 Å². The Morgan fingerprint density at radius 2 is 2.29 bits per heavy atom. The summed E-state index contributed by atoms with van der Waals surface area (Å²) in [6.45, 7) is 5.63. The fourth-order valence-electron chi connectivity index (χ4n) is 1.77. The quantitative estimate of drug-likeness (QED) is 0.513. The highest BCUT2D eigenvalue weighted by Gasteiger charge is 2.26. The maximum absolute atomic E-state index is 11.4. The van der Waals surface area contributed by atoms with Gasteiger partial charge >= 0.3 is 0 Å². The first-order valence-corrected chi connectivity index (χ1v) is 5.29. The molecule has 0 aromatic rings. The lowest BCUT2D eigenvalue weighted by atomic mass is 10.1. The summed E-state index contributed by atoms with van der Waals surface area (Å²) >= 11 is 0. The molecule has 1 amide bonds. The molecular formula is C11H19NO2. The SMILES string of the molecule is C=CC1CC(=O)N(CCCCCO)C1. The van der Waals surface area contributed by atoms with Gasteiger partial charge in [0.05, 0.1) is 0 Å². The van der Waals surface area contributed by atoms with Crippen molar-refractivity contribution in [3.8, 4) is 0 Å². The average molecular weight is 197 g/mol. The van der Waals surface area contributed by atoms with Gasteiger partial charge in [0.25, 0.3) is 0 Å². The van der Waals surface area contributed by atoms with E-state index in [4.69, 9.17) is 5.11 Å². The number of hydrogen-bond donors (Lipinski definition) is 1. The molecule has 1 rings (SSSR count). The molecule has 3 nitrogen and oxygen atoms in total. The number of likely N-dealkylation sites (tertiary alicyclic amines) is 1. The molecule has 1 heterocycles. The number of aliphatic hydroxyl groups excluding tert-OH is 1. The zero-order valence-corrected chi connectivity index (χ0v) is 8.61. The molecule has 0 bridgehead atoms. The lowest BCUT2D eigenvalue weighted by Crippen LogP contribution is -2.26. The van der Waals surface area contributed by atoms with Crippen LogP contribution in [-0.4, -0.2) is 35.6 Å². The van der Waals surface area contributed by atoms with Gasteiger partial charge in [-0.25, -0.2) is 0 Å².